The van der Waals surface area contributed by atoms with Crippen molar-refractivity contribution in [2.24, 2.45) is 0 Å². The molecule has 0 aliphatic rings. The summed E-state index contributed by atoms with van der Waals surface area (Å²) in [4.78, 5) is 17.0. The minimum absolute atomic E-state index is 0.0494. The SMILES string of the molecule is Cc1cc(Br)cnc1C(=O)Cc1cccc(-c2ccccc2)c1C. The van der Waals surface area contributed by atoms with E-state index in [0.717, 1.165) is 21.2 Å². The molecule has 3 aromatic rings. The van der Waals surface area contributed by atoms with Crippen LogP contribution in [0.25, 0.3) is 11.1 Å². The largest absolute Gasteiger partial charge is 0.292 e. The lowest BCUT2D eigenvalue weighted by molar-refractivity contribution is 0.0987. The van der Waals surface area contributed by atoms with Crippen molar-refractivity contribution in [2.45, 2.75) is 20.3 Å². The van der Waals surface area contributed by atoms with Gasteiger partial charge in [-0.1, -0.05) is 48.5 Å². The molecule has 0 spiro atoms. The molecular formula is C21H18BrNO. The van der Waals surface area contributed by atoms with Crippen molar-refractivity contribution in [1.82, 2.24) is 4.98 Å². The van der Waals surface area contributed by atoms with Crippen molar-refractivity contribution in [3.8, 4) is 11.1 Å². The summed E-state index contributed by atoms with van der Waals surface area (Å²) in [6.45, 7) is 3.99. The second-order valence-electron chi connectivity index (χ2n) is 5.87. The lowest BCUT2D eigenvalue weighted by Crippen LogP contribution is -2.09. The highest BCUT2D eigenvalue weighted by Gasteiger charge is 2.14. The van der Waals surface area contributed by atoms with Crippen molar-refractivity contribution >= 4 is 21.7 Å². The number of halogens is 1. The summed E-state index contributed by atoms with van der Waals surface area (Å²) < 4.78 is 0.888. The molecule has 1 aromatic heterocycles. The monoisotopic (exact) mass is 379 g/mol. The molecule has 0 unspecified atom stereocenters. The lowest BCUT2D eigenvalue weighted by Gasteiger charge is -2.12. The lowest BCUT2D eigenvalue weighted by atomic mass is 9.93. The summed E-state index contributed by atoms with van der Waals surface area (Å²) in [5.41, 5.74) is 5.97. The molecule has 0 atom stereocenters. The molecule has 24 heavy (non-hydrogen) atoms. The fourth-order valence-electron chi connectivity index (χ4n) is 2.89. The molecule has 1 heterocycles. The Labute approximate surface area is 150 Å². The number of nitrogens with zero attached hydrogens (tertiary/aromatic N) is 1. The van der Waals surface area contributed by atoms with E-state index in [2.05, 4.69) is 46.0 Å². The molecule has 0 fully saturated rings. The van der Waals surface area contributed by atoms with Crippen molar-refractivity contribution in [3.63, 3.8) is 0 Å². The van der Waals surface area contributed by atoms with Crippen molar-refractivity contribution in [1.29, 1.82) is 0 Å². The van der Waals surface area contributed by atoms with Gasteiger partial charge < -0.3 is 0 Å². The second kappa shape index (κ2) is 7.10. The van der Waals surface area contributed by atoms with Gasteiger partial charge in [0.1, 0.15) is 5.69 Å². The number of hydrogen-bond donors (Lipinski definition) is 0. The Morgan fingerprint density at radius 3 is 2.50 bits per heavy atom. The van der Waals surface area contributed by atoms with Gasteiger partial charge in [0.2, 0.25) is 0 Å². The van der Waals surface area contributed by atoms with Gasteiger partial charge >= 0.3 is 0 Å². The third-order valence-electron chi connectivity index (χ3n) is 4.19. The van der Waals surface area contributed by atoms with E-state index in [1.54, 1.807) is 6.20 Å². The van der Waals surface area contributed by atoms with Gasteiger partial charge in [0.15, 0.2) is 5.78 Å². The van der Waals surface area contributed by atoms with Crippen LogP contribution in [0.5, 0.6) is 0 Å². The first-order valence-electron chi connectivity index (χ1n) is 7.85. The van der Waals surface area contributed by atoms with E-state index >= 15 is 0 Å². The predicted octanol–water partition coefficient (Wildman–Crippen LogP) is 5.55. The van der Waals surface area contributed by atoms with Crippen molar-refractivity contribution in [2.75, 3.05) is 0 Å². The molecule has 0 aliphatic heterocycles. The normalized spacial score (nSPS) is 10.6. The summed E-state index contributed by atoms with van der Waals surface area (Å²) in [7, 11) is 0. The Balaban J connectivity index is 1.92. The van der Waals surface area contributed by atoms with Gasteiger partial charge in [0.05, 0.1) is 0 Å². The van der Waals surface area contributed by atoms with Crippen LogP contribution in [0, 0.1) is 13.8 Å². The maximum atomic E-state index is 12.7. The fraction of sp³-hybridized carbons (Fsp3) is 0.143. The van der Waals surface area contributed by atoms with Gasteiger partial charge in [-0.3, -0.25) is 9.78 Å². The molecule has 0 N–H and O–H groups in total. The quantitative estimate of drug-likeness (QED) is 0.555. The Morgan fingerprint density at radius 2 is 1.79 bits per heavy atom. The first kappa shape index (κ1) is 16.6. The zero-order chi connectivity index (χ0) is 17.1. The average molecular weight is 380 g/mol. The molecule has 0 saturated heterocycles. The number of Topliss-reactive ketones (excluding diaryl/α,β-unsaturated/α-hetero) is 1. The van der Waals surface area contributed by atoms with E-state index < -0.39 is 0 Å². The number of rotatable bonds is 4. The van der Waals surface area contributed by atoms with Crippen LogP contribution in [0.3, 0.4) is 0 Å². The third kappa shape index (κ3) is 3.46. The first-order valence-corrected chi connectivity index (χ1v) is 8.65. The van der Waals surface area contributed by atoms with Crippen LogP contribution in [-0.2, 0) is 6.42 Å². The van der Waals surface area contributed by atoms with Crippen molar-refractivity contribution in [3.05, 3.63) is 87.7 Å². The molecular weight excluding hydrogens is 362 g/mol. The van der Waals surface area contributed by atoms with Crippen LogP contribution in [0.1, 0.15) is 27.2 Å². The molecule has 0 aliphatic carbocycles. The molecule has 2 aromatic carbocycles. The van der Waals surface area contributed by atoms with Crippen LogP contribution in [0.15, 0.2) is 65.3 Å². The van der Waals surface area contributed by atoms with Gasteiger partial charge in [0, 0.05) is 17.1 Å². The molecule has 120 valence electrons. The summed E-state index contributed by atoms with van der Waals surface area (Å²) >= 11 is 3.39. The number of pyridine rings is 1. The number of ketones is 1. The molecule has 0 radical (unpaired) electrons. The molecule has 0 amide bonds. The number of hydrogen-bond acceptors (Lipinski definition) is 2. The smallest absolute Gasteiger partial charge is 0.185 e. The zero-order valence-corrected chi connectivity index (χ0v) is 15.3. The van der Waals surface area contributed by atoms with Gasteiger partial charge in [-0.15, -0.1) is 0 Å². The minimum atomic E-state index is 0.0494. The Hall–Kier alpha value is -2.26. The van der Waals surface area contributed by atoms with E-state index in [-0.39, 0.29) is 5.78 Å². The molecule has 3 heteroatoms. The van der Waals surface area contributed by atoms with Gasteiger partial charge in [-0.2, -0.15) is 0 Å². The first-order chi connectivity index (χ1) is 11.6. The average Bonchev–Trinajstić information content (AvgIpc) is 2.57. The summed E-state index contributed by atoms with van der Waals surface area (Å²) in [5.74, 6) is 0.0494. The van der Waals surface area contributed by atoms with E-state index in [9.17, 15) is 4.79 Å². The highest BCUT2D eigenvalue weighted by atomic mass is 79.9. The Bertz CT molecular complexity index is 888. The van der Waals surface area contributed by atoms with Crippen LogP contribution in [0.4, 0.5) is 0 Å². The Kier molecular flexibility index (Phi) is 4.91. The number of benzene rings is 2. The number of aryl methyl sites for hydroxylation is 1. The topological polar surface area (TPSA) is 30.0 Å². The number of carbonyl (C=O) groups is 1. The predicted molar refractivity (Wildman–Crippen MR) is 101 cm³/mol. The zero-order valence-electron chi connectivity index (χ0n) is 13.7. The molecule has 0 bridgehead atoms. The summed E-state index contributed by atoms with van der Waals surface area (Å²) in [6.07, 6.45) is 2.04. The van der Waals surface area contributed by atoms with E-state index in [1.807, 2.05) is 43.3 Å². The highest BCUT2D eigenvalue weighted by molar-refractivity contribution is 9.10. The Morgan fingerprint density at radius 1 is 1.04 bits per heavy atom. The molecule has 2 nitrogen and oxygen atoms in total. The van der Waals surface area contributed by atoms with Crippen LogP contribution >= 0.6 is 15.9 Å². The van der Waals surface area contributed by atoms with E-state index in [4.69, 9.17) is 0 Å². The highest BCUT2D eigenvalue weighted by Crippen LogP contribution is 2.26. The number of carbonyl (C=O) groups excluding carboxylic acids is 1. The maximum absolute atomic E-state index is 12.7. The van der Waals surface area contributed by atoms with Gasteiger partial charge in [0.25, 0.3) is 0 Å². The van der Waals surface area contributed by atoms with Crippen LogP contribution in [-0.4, -0.2) is 10.8 Å². The van der Waals surface area contributed by atoms with Crippen molar-refractivity contribution < 1.29 is 4.79 Å². The van der Waals surface area contributed by atoms with Crippen LogP contribution < -0.4 is 0 Å². The summed E-state index contributed by atoms with van der Waals surface area (Å²) in [6, 6.07) is 18.3. The number of aromatic nitrogens is 1. The fourth-order valence-corrected chi connectivity index (χ4v) is 3.34. The molecule has 0 saturated carbocycles. The summed E-state index contributed by atoms with van der Waals surface area (Å²) in [5, 5.41) is 0. The van der Waals surface area contributed by atoms with E-state index in [1.165, 1.54) is 11.1 Å². The van der Waals surface area contributed by atoms with Gasteiger partial charge in [-0.25, -0.2) is 0 Å². The maximum Gasteiger partial charge on any atom is 0.185 e. The standard InChI is InChI=1S/C21H18BrNO/c1-14-11-18(22)13-23-21(14)20(24)12-17-9-6-10-19(15(17)2)16-7-4-3-5-8-16/h3-11,13H,12H2,1-2H3. The third-order valence-corrected chi connectivity index (χ3v) is 4.62. The second-order valence-corrected chi connectivity index (χ2v) is 6.79. The van der Waals surface area contributed by atoms with Crippen LogP contribution in [0.2, 0.25) is 0 Å². The van der Waals surface area contributed by atoms with E-state index in [0.29, 0.717) is 12.1 Å². The van der Waals surface area contributed by atoms with Gasteiger partial charge in [-0.05, 0) is 63.7 Å². The molecule has 3 rings (SSSR count). The minimum Gasteiger partial charge on any atom is -0.292 e.